The van der Waals surface area contributed by atoms with Crippen LogP contribution in [0.1, 0.15) is 48.0 Å². The first kappa shape index (κ1) is 20.6. The third kappa shape index (κ3) is 2.36. The highest BCUT2D eigenvalue weighted by atomic mass is 16.6. The molecule has 4 aliphatic heterocycles. The Balaban J connectivity index is 1.62. The van der Waals surface area contributed by atoms with Gasteiger partial charge < -0.3 is 10.1 Å². The first-order chi connectivity index (χ1) is 17.1. The molecule has 35 heavy (non-hydrogen) atoms. The summed E-state index contributed by atoms with van der Waals surface area (Å²) in [6.07, 6.45) is 1.59. The number of carbonyl (C=O) groups excluding carboxylic acids is 1. The lowest BCUT2D eigenvalue weighted by Gasteiger charge is -2.44. The molecule has 176 valence electrons. The Morgan fingerprint density at radius 3 is 2.54 bits per heavy atom. The fourth-order valence-corrected chi connectivity index (χ4v) is 7.50. The molecule has 1 N–H and O–H groups in total. The van der Waals surface area contributed by atoms with Gasteiger partial charge in [-0.05, 0) is 30.5 Å². The van der Waals surface area contributed by atoms with E-state index >= 15 is 0 Å². The maximum Gasteiger partial charge on any atom is 0.287 e. The Labute approximate surface area is 202 Å². The number of hydrogen-bond acceptors (Lipinski definition) is 5. The van der Waals surface area contributed by atoms with Crippen molar-refractivity contribution in [3.63, 3.8) is 0 Å². The topological polar surface area (TPSA) is 84.7 Å². The van der Waals surface area contributed by atoms with Gasteiger partial charge in [0.15, 0.2) is 6.10 Å². The van der Waals surface area contributed by atoms with E-state index in [1.54, 1.807) is 0 Å². The Morgan fingerprint density at radius 2 is 1.71 bits per heavy atom. The maximum absolute atomic E-state index is 14.2. The molecule has 7 nitrogen and oxygen atoms in total. The largest absolute Gasteiger partial charge is 0.478 e. The average molecular weight is 468 g/mol. The van der Waals surface area contributed by atoms with Gasteiger partial charge in [0.1, 0.15) is 11.3 Å². The lowest BCUT2D eigenvalue weighted by atomic mass is 9.63. The van der Waals surface area contributed by atoms with E-state index in [0.717, 1.165) is 35.2 Å². The van der Waals surface area contributed by atoms with Gasteiger partial charge in [0.2, 0.25) is 0 Å². The molecule has 0 unspecified atom stereocenters. The number of carbonyl (C=O) groups is 1. The summed E-state index contributed by atoms with van der Waals surface area (Å²) in [4.78, 5) is 29.7. The maximum atomic E-state index is 14.2. The Morgan fingerprint density at radius 1 is 0.971 bits per heavy atom. The van der Waals surface area contributed by atoms with Gasteiger partial charge in [-0.2, -0.15) is 0 Å². The molecular formula is C28H25N3O4. The van der Waals surface area contributed by atoms with Gasteiger partial charge >= 0.3 is 0 Å². The zero-order valence-electron chi connectivity index (χ0n) is 19.1. The van der Waals surface area contributed by atoms with Crippen LogP contribution in [-0.4, -0.2) is 33.9 Å². The number of hydrogen-bond donors (Lipinski definition) is 1. The zero-order valence-corrected chi connectivity index (χ0v) is 19.1. The van der Waals surface area contributed by atoms with Crippen molar-refractivity contribution >= 4 is 11.6 Å². The Kier molecular flexibility index (Phi) is 4.22. The molecule has 0 aliphatic carbocycles. The molecule has 4 heterocycles. The van der Waals surface area contributed by atoms with E-state index < -0.39 is 29.1 Å². The van der Waals surface area contributed by atoms with E-state index in [-0.39, 0.29) is 10.8 Å². The van der Waals surface area contributed by atoms with Crippen molar-refractivity contribution in [3.8, 4) is 5.75 Å². The molecule has 0 bridgehead atoms. The fourth-order valence-electron chi connectivity index (χ4n) is 7.50. The molecule has 0 radical (unpaired) electrons. The van der Waals surface area contributed by atoms with Gasteiger partial charge in [-0.25, -0.2) is 0 Å². The molecule has 0 aromatic heterocycles. The number of para-hydroxylation sites is 2. The smallest absolute Gasteiger partial charge is 0.287 e. The quantitative estimate of drug-likeness (QED) is 0.439. The van der Waals surface area contributed by atoms with E-state index in [1.165, 1.54) is 0 Å². The third-order valence-electron chi connectivity index (χ3n) is 8.62. The second kappa shape index (κ2) is 7.15. The van der Waals surface area contributed by atoms with E-state index in [0.29, 0.717) is 18.7 Å². The van der Waals surface area contributed by atoms with Crippen molar-refractivity contribution in [1.82, 2.24) is 4.90 Å². The van der Waals surface area contributed by atoms with Gasteiger partial charge in [0.05, 0.1) is 12.0 Å². The van der Waals surface area contributed by atoms with Crippen LogP contribution in [-0.2, 0) is 10.3 Å². The molecule has 7 heteroatoms. The van der Waals surface area contributed by atoms with Crippen molar-refractivity contribution < 1.29 is 14.5 Å². The number of anilines is 1. The van der Waals surface area contributed by atoms with Gasteiger partial charge in [0.25, 0.3) is 11.4 Å². The van der Waals surface area contributed by atoms with E-state index in [9.17, 15) is 14.9 Å². The number of ether oxygens (including phenoxy) is 1. The molecule has 3 aromatic rings. The van der Waals surface area contributed by atoms with Crippen molar-refractivity contribution in [3.05, 3.63) is 106 Å². The number of amides is 1. The number of nitrogens with one attached hydrogen (secondary N) is 1. The summed E-state index contributed by atoms with van der Waals surface area (Å²) < 4.78 is 6.57. The van der Waals surface area contributed by atoms with Crippen molar-refractivity contribution in [1.29, 1.82) is 0 Å². The molecule has 2 fully saturated rings. The monoisotopic (exact) mass is 467 g/mol. The summed E-state index contributed by atoms with van der Waals surface area (Å²) in [7, 11) is 0. The molecule has 0 saturated carbocycles. The van der Waals surface area contributed by atoms with Crippen LogP contribution in [0, 0.1) is 10.1 Å². The first-order valence-electron chi connectivity index (χ1n) is 12.2. The molecule has 3 aromatic carbocycles. The molecule has 2 saturated heterocycles. The highest BCUT2D eigenvalue weighted by molar-refractivity contribution is 6.07. The van der Waals surface area contributed by atoms with Crippen LogP contribution in [0.2, 0.25) is 0 Å². The standard InChI is InChI=1S/C28H25N3O4/c32-26-27(20-13-5-6-14-21(20)29-26)24-19-12-4-7-15-22(19)35-25(18-10-2-1-3-11-18)28(24,31(33)34)23-16-8-9-17-30(23)27/h1-7,10-15,23-25H,8-9,16-17H2,(H,29,32)/t23-,24+,25+,27+,28+/m1/s1. The summed E-state index contributed by atoms with van der Waals surface area (Å²) >= 11 is 0. The minimum absolute atomic E-state index is 0.114. The van der Waals surface area contributed by atoms with Crippen LogP contribution >= 0.6 is 0 Å². The second-order valence-electron chi connectivity index (χ2n) is 9.99. The molecule has 1 amide bonds. The van der Waals surface area contributed by atoms with E-state index in [1.807, 2.05) is 78.9 Å². The number of nitro groups is 1. The van der Waals surface area contributed by atoms with Crippen LogP contribution < -0.4 is 10.1 Å². The molecular weight excluding hydrogens is 442 g/mol. The van der Waals surface area contributed by atoms with Gasteiger partial charge in [-0.3, -0.25) is 19.8 Å². The van der Waals surface area contributed by atoms with Crippen molar-refractivity contribution in [2.45, 2.75) is 48.4 Å². The Hall–Kier alpha value is -3.71. The highest BCUT2D eigenvalue weighted by Gasteiger charge is 2.82. The summed E-state index contributed by atoms with van der Waals surface area (Å²) in [5.74, 6) is -0.282. The predicted molar refractivity (Wildman–Crippen MR) is 130 cm³/mol. The number of fused-ring (bicyclic) bond motifs is 9. The predicted octanol–water partition coefficient (Wildman–Crippen LogP) is 4.64. The molecule has 1 spiro atoms. The minimum atomic E-state index is -1.54. The van der Waals surface area contributed by atoms with E-state index in [4.69, 9.17) is 4.74 Å². The number of nitrogens with zero attached hydrogens (tertiary/aromatic N) is 2. The summed E-state index contributed by atoms with van der Waals surface area (Å²) in [6, 6.07) is 24.3. The normalized spacial score (nSPS) is 32.7. The summed E-state index contributed by atoms with van der Waals surface area (Å²) in [6.45, 7) is 0.627. The minimum Gasteiger partial charge on any atom is -0.478 e. The summed E-state index contributed by atoms with van der Waals surface area (Å²) in [5.41, 5.74) is 0.345. The van der Waals surface area contributed by atoms with Crippen molar-refractivity contribution in [2.24, 2.45) is 0 Å². The van der Waals surface area contributed by atoms with Crippen molar-refractivity contribution in [2.75, 3.05) is 11.9 Å². The van der Waals surface area contributed by atoms with Crippen LogP contribution in [0.5, 0.6) is 5.75 Å². The SMILES string of the molecule is O=C1Nc2ccccc2[C@]12[C@@H]1c3ccccc3O[C@@H](c3ccccc3)[C@]1([N+](=O)[O-])[C@H]1CCCCN12. The fraction of sp³-hybridized carbons (Fsp3) is 0.321. The Bertz CT molecular complexity index is 1360. The molecule has 7 rings (SSSR count). The average Bonchev–Trinajstić information content (AvgIpc) is 3.35. The number of piperidine rings is 1. The lowest BCUT2D eigenvalue weighted by Crippen LogP contribution is -2.60. The van der Waals surface area contributed by atoms with Crippen LogP contribution in [0.15, 0.2) is 78.9 Å². The van der Waals surface area contributed by atoms with Gasteiger partial charge in [-0.15, -0.1) is 0 Å². The molecule has 5 atom stereocenters. The van der Waals surface area contributed by atoms with Crippen LogP contribution in [0.3, 0.4) is 0 Å². The molecule has 4 aliphatic rings. The van der Waals surface area contributed by atoms with E-state index in [2.05, 4.69) is 10.2 Å². The number of benzene rings is 3. The number of rotatable bonds is 2. The third-order valence-corrected chi connectivity index (χ3v) is 8.62. The highest BCUT2D eigenvalue weighted by Crippen LogP contribution is 2.69. The lowest BCUT2D eigenvalue weighted by molar-refractivity contribution is -0.592. The van der Waals surface area contributed by atoms with Gasteiger partial charge in [0, 0.05) is 28.3 Å². The van der Waals surface area contributed by atoms with Crippen LogP contribution in [0.4, 0.5) is 5.69 Å². The summed E-state index contributed by atoms with van der Waals surface area (Å²) in [5, 5.41) is 16.6. The second-order valence-corrected chi connectivity index (χ2v) is 9.99. The first-order valence-corrected chi connectivity index (χ1v) is 12.2. The zero-order chi connectivity index (χ0) is 23.8. The van der Waals surface area contributed by atoms with Gasteiger partial charge in [-0.1, -0.05) is 73.2 Å². The van der Waals surface area contributed by atoms with Crippen LogP contribution in [0.25, 0.3) is 0 Å².